The zero-order chi connectivity index (χ0) is 16.4. The van der Waals surface area contributed by atoms with Crippen LogP contribution in [0.15, 0.2) is 40.1 Å². The predicted octanol–water partition coefficient (Wildman–Crippen LogP) is 3.57. The molecule has 0 radical (unpaired) electrons. The molecule has 2 heterocycles. The summed E-state index contributed by atoms with van der Waals surface area (Å²) in [5.74, 6) is -2.59. The van der Waals surface area contributed by atoms with E-state index in [4.69, 9.17) is 4.42 Å². The molecule has 23 heavy (non-hydrogen) atoms. The second kappa shape index (κ2) is 6.25. The van der Waals surface area contributed by atoms with E-state index in [9.17, 15) is 13.6 Å². The smallest absolute Gasteiger partial charge is 0.309 e. The van der Waals surface area contributed by atoms with E-state index in [2.05, 4.69) is 15.5 Å². The first-order valence-electron chi connectivity index (χ1n) is 6.68. The van der Waals surface area contributed by atoms with E-state index < -0.39 is 17.5 Å². The molecule has 5 nitrogen and oxygen atoms in total. The van der Waals surface area contributed by atoms with Crippen molar-refractivity contribution in [1.29, 1.82) is 0 Å². The Bertz CT molecular complexity index is 833. The van der Waals surface area contributed by atoms with E-state index in [0.717, 1.165) is 10.9 Å². The number of aromatic nitrogens is 2. The maximum atomic E-state index is 13.7. The Morgan fingerprint density at radius 3 is 2.83 bits per heavy atom. The maximum absolute atomic E-state index is 13.7. The lowest BCUT2D eigenvalue weighted by Gasteiger charge is -2.09. The maximum Gasteiger partial charge on any atom is 0.309 e. The van der Waals surface area contributed by atoms with Crippen LogP contribution in [0.3, 0.4) is 0 Å². The first kappa shape index (κ1) is 15.3. The number of halogens is 2. The summed E-state index contributed by atoms with van der Waals surface area (Å²) >= 11 is 1.51. The van der Waals surface area contributed by atoms with Gasteiger partial charge in [0.25, 0.3) is 5.89 Å². The van der Waals surface area contributed by atoms with Crippen LogP contribution in [0.1, 0.15) is 28.5 Å². The topological polar surface area (TPSA) is 68.0 Å². The Kier molecular flexibility index (Phi) is 4.16. The van der Waals surface area contributed by atoms with Crippen molar-refractivity contribution in [3.05, 3.63) is 58.1 Å². The van der Waals surface area contributed by atoms with Crippen molar-refractivity contribution in [1.82, 2.24) is 15.5 Å². The number of amides is 1. The number of hydrogen-bond acceptors (Lipinski definition) is 5. The molecule has 1 amide bonds. The number of carbonyl (C=O) groups is 1. The van der Waals surface area contributed by atoms with E-state index in [1.54, 1.807) is 0 Å². The number of nitrogens with zero attached hydrogens (tertiary/aromatic N) is 2. The van der Waals surface area contributed by atoms with Gasteiger partial charge in [-0.25, -0.2) is 8.78 Å². The van der Waals surface area contributed by atoms with Gasteiger partial charge in [-0.3, -0.25) is 4.79 Å². The summed E-state index contributed by atoms with van der Waals surface area (Å²) in [5, 5.41) is 11.8. The standard InChI is InChI=1S/C15H11F2N3O2S/c1-8(12-3-2-6-23-12)18-13(21)15-20-19-14(22-15)10-5-4-9(16)7-11(10)17/h2-8H,1H3,(H,18,21)/t8-/m0/s1. The molecule has 3 aromatic rings. The summed E-state index contributed by atoms with van der Waals surface area (Å²) in [6, 6.07) is 6.50. The van der Waals surface area contributed by atoms with Crippen LogP contribution in [0.25, 0.3) is 11.5 Å². The number of nitrogens with one attached hydrogen (secondary N) is 1. The van der Waals surface area contributed by atoms with Crippen molar-refractivity contribution in [2.45, 2.75) is 13.0 Å². The number of rotatable bonds is 4. The van der Waals surface area contributed by atoms with Gasteiger partial charge in [-0.2, -0.15) is 0 Å². The average Bonchev–Trinajstić information content (AvgIpc) is 3.19. The van der Waals surface area contributed by atoms with Crippen LogP contribution in [0.5, 0.6) is 0 Å². The fourth-order valence-corrected chi connectivity index (χ4v) is 2.69. The van der Waals surface area contributed by atoms with Crippen LogP contribution in [0.4, 0.5) is 8.78 Å². The van der Waals surface area contributed by atoms with Crippen molar-refractivity contribution in [2.75, 3.05) is 0 Å². The van der Waals surface area contributed by atoms with Gasteiger partial charge in [-0.15, -0.1) is 21.5 Å². The Labute approximate surface area is 134 Å². The highest BCUT2D eigenvalue weighted by molar-refractivity contribution is 7.10. The van der Waals surface area contributed by atoms with Gasteiger partial charge in [0.15, 0.2) is 0 Å². The molecule has 0 unspecified atom stereocenters. The Morgan fingerprint density at radius 2 is 2.13 bits per heavy atom. The second-order valence-corrected chi connectivity index (χ2v) is 5.73. The molecule has 2 aromatic heterocycles. The Morgan fingerprint density at radius 1 is 1.30 bits per heavy atom. The van der Waals surface area contributed by atoms with E-state index in [1.807, 2.05) is 24.4 Å². The second-order valence-electron chi connectivity index (χ2n) is 4.75. The van der Waals surface area contributed by atoms with Gasteiger partial charge in [-0.05, 0) is 30.5 Å². The molecule has 1 N–H and O–H groups in total. The predicted molar refractivity (Wildman–Crippen MR) is 79.9 cm³/mol. The minimum absolute atomic E-state index is 0.0655. The van der Waals surface area contributed by atoms with Gasteiger partial charge in [0.05, 0.1) is 11.6 Å². The summed E-state index contributed by atoms with van der Waals surface area (Å²) in [6.07, 6.45) is 0. The fourth-order valence-electron chi connectivity index (χ4n) is 1.95. The molecule has 118 valence electrons. The summed E-state index contributed by atoms with van der Waals surface area (Å²) in [7, 11) is 0. The molecule has 0 aliphatic carbocycles. The van der Waals surface area contributed by atoms with E-state index in [0.29, 0.717) is 6.07 Å². The fraction of sp³-hybridized carbons (Fsp3) is 0.133. The van der Waals surface area contributed by atoms with E-state index in [-0.39, 0.29) is 23.4 Å². The van der Waals surface area contributed by atoms with E-state index >= 15 is 0 Å². The van der Waals surface area contributed by atoms with Gasteiger partial charge in [0.2, 0.25) is 0 Å². The molecule has 1 atom stereocenters. The van der Waals surface area contributed by atoms with Gasteiger partial charge in [0.1, 0.15) is 11.6 Å². The average molecular weight is 335 g/mol. The summed E-state index contributed by atoms with van der Waals surface area (Å²) in [4.78, 5) is 13.1. The van der Waals surface area contributed by atoms with Crippen molar-refractivity contribution in [2.24, 2.45) is 0 Å². The largest absolute Gasteiger partial charge is 0.412 e. The monoisotopic (exact) mass is 335 g/mol. The molecule has 3 rings (SSSR count). The SMILES string of the molecule is C[C@H](NC(=O)c1nnc(-c2ccc(F)cc2F)o1)c1cccs1. The molecule has 0 aliphatic heterocycles. The van der Waals surface area contributed by atoms with Gasteiger partial charge < -0.3 is 9.73 Å². The highest BCUT2D eigenvalue weighted by atomic mass is 32.1. The third kappa shape index (κ3) is 3.26. The summed E-state index contributed by atoms with van der Waals surface area (Å²) in [6.45, 7) is 1.82. The van der Waals surface area contributed by atoms with Gasteiger partial charge >= 0.3 is 11.8 Å². The molecule has 0 bridgehead atoms. The van der Waals surface area contributed by atoms with E-state index in [1.165, 1.54) is 17.4 Å². The van der Waals surface area contributed by atoms with Crippen molar-refractivity contribution < 1.29 is 18.0 Å². The number of thiophene rings is 1. The molecule has 1 aromatic carbocycles. The molecule has 0 saturated carbocycles. The number of carbonyl (C=O) groups excluding carboxylic acids is 1. The molecule has 0 fully saturated rings. The number of benzene rings is 1. The zero-order valence-corrected chi connectivity index (χ0v) is 12.7. The third-order valence-electron chi connectivity index (χ3n) is 3.10. The minimum atomic E-state index is -0.840. The Balaban J connectivity index is 1.77. The number of hydrogen-bond donors (Lipinski definition) is 1. The Hall–Kier alpha value is -2.61. The van der Waals surface area contributed by atoms with Crippen LogP contribution in [-0.2, 0) is 0 Å². The minimum Gasteiger partial charge on any atom is -0.412 e. The molecule has 0 saturated heterocycles. The van der Waals surface area contributed by atoms with Crippen LogP contribution in [0, 0.1) is 11.6 Å². The molecular formula is C15H11F2N3O2S. The first-order chi connectivity index (χ1) is 11.0. The normalized spacial score (nSPS) is 12.1. The lowest BCUT2D eigenvalue weighted by Crippen LogP contribution is -2.26. The summed E-state index contributed by atoms with van der Waals surface area (Å²) in [5.41, 5.74) is -0.0655. The van der Waals surface area contributed by atoms with Crippen LogP contribution in [-0.4, -0.2) is 16.1 Å². The molecule has 0 spiro atoms. The summed E-state index contributed by atoms with van der Waals surface area (Å²) < 4.78 is 31.8. The van der Waals surface area contributed by atoms with Crippen molar-refractivity contribution in [3.8, 4) is 11.5 Å². The van der Waals surface area contributed by atoms with Crippen molar-refractivity contribution in [3.63, 3.8) is 0 Å². The molecule has 8 heteroatoms. The lowest BCUT2D eigenvalue weighted by molar-refractivity contribution is 0.0906. The van der Waals surface area contributed by atoms with Crippen molar-refractivity contribution >= 4 is 17.2 Å². The first-order valence-corrected chi connectivity index (χ1v) is 7.56. The lowest BCUT2D eigenvalue weighted by atomic mass is 10.2. The van der Waals surface area contributed by atoms with Crippen LogP contribution in [0.2, 0.25) is 0 Å². The highest BCUT2D eigenvalue weighted by Gasteiger charge is 2.20. The van der Waals surface area contributed by atoms with Gasteiger partial charge in [-0.1, -0.05) is 6.07 Å². The van der Waals surface area contributed by atoms with Crippen LogP contribution >= 0.6 is 11.3 Å². The van der Waals surface area contributed by atoms with Crippen LogP contribution < -0.4 is 5.32 Å². The third-order valence-corrected chi connectivity index (χ3v) is 4.15. The quantitative estimate of drug-likeness (QED) is 0.791. The highest BCUT2D eigenvalue weighted by Crippen LogP contribution is 2.23. The molecular weight excluding hydrogens is 324 g/mol. The molecule has 0 aliphatic rings. The zero-order valence-electron chi connectivity index (χ0n) is 11.9. The van der Waals surface area contributed by atoms with Gasteiger partial charge in [0, 0.05) is 10.9 Å².